The Morgan fingerprint density at radius 1 is 0.871 bits per heavy atom. The van der Waals surface area contributed by atoms with Gasteiger partial charge in [0, 0.05) is 6.07 Å². The molecule has 154 valence electrons. The van der Waals surface area contributed by atoms with Crippen LogP contribution >= 0.6 is 0 Å². The molecule has 3 aromatic rings. The van der Waals surface area contributed by atoms with E-state index in [-0.39, 0.29) is 45.9 Å². The van der Waals surface area contributed by atoms with Crippen molar-refractivity contribution in [3.8, 4) is 11.5 Å². The van der Waals surface area contributed by atoms with E-state index >= 15 is 0 Å². The van der Waals surface area contributed by atoms with E-state index in [4.69, 9.17) is 9.29 Å². The molecule has 0 atom stereocenters. The molecule has 1 N–H and O–H groups in total. The predicted molar refractivity (Wildman–Crippen MR) is 108 cm³/mol. The summed E-state index contributed by atoms with van der Waals surface area (Å²) in [5.41, 5.74) is 2.43. The van der Waals surface area contributed by atoms with Crippen molar-refractivity contribution in [2.75, 3.05) is 7.11 Å². The summed E-state index contributed by atoms with van der Waals surface area (Å²) in [5.74, 6) is 0.306. The molecule has 0 aromatic heterocycles. The first-order chi connectivity index (χ1) is 14.3. The van der Waals surface area contributed by atoms with Crippen LogP contribution in [0.5, 0.6) is 11.5 Å². The average molecular weight is 448 g/mol. The molecule has 0 aliphatic heterocycles. The van der Waals surface area contributed by atoms with Gasteiger partial charge in [-0.2, -0.15) is 23.8 Å². The largest absolute Gasteiger partial charge is 1.00 e. The summed E-state index contributed by atoms with van der Waals surface area (Å²) in [6.45, 7) is 1.77. The van der Waals surface area contributed by atoms with Gasteiger partial charge in [-0.05, 0) is 48.9 Å². The molecule has 31 heavy (non-hydrogen) atoms. The second-order valence-electron chi connectivity index (χ2n) is 6.18. The van der Waals surface area contributed by atoms with E-state index in [1.165, 1.54) is 37.4 Å². The Morgan fingerprint density at radius 2 is 1.52 bits per heavy atom. The van der Waals surface area contributed by atoms with Crippen LogP contribution in [0.4, 0.5) is 22.7 Å². The number of aryl methyl sites for hydroxylation is 1. The Kier molecular flexibility index (Phi) is 8.43. The van der Waals surface area contributed by atoms with Crippen LogP contribution < -0.4 is 39.4 Å². The quantitative estimate of drug-likeness (QED) is 0.350. The number of hydrogen-bond donors (Lipinski definition) is 1. The number of benzene rings is 3. The fourth-order valence-electron chi connectivity index (χ4n) is 2.48. The van der Waals surface area contributed by atoms with Gasteiger partial charge in [0.1, 0.15) is 11.4 Å². The molecule has 0 radical (unpaired) electrons. The molecule has 3 aromatic carbocycles. The number of ether oxygens (including phenoxy) is 1. The van der Waals surface area contributed by atoms with E-state index < -0.39 is 10.1 Å². The Bertz CT molecular complexity index is 1250. The minimum Gasteiger partial charge on any atom is -0.872 e. The van der Waals surface area contributed by atoms with Gasteiger partial charge in [0.05, 0.1) is 29.1 Å². The third-order valence-corrected chi connectivity index (χ3v) is 4.84. The van der Waals surface area contributed by atoms with E-state index in [1.54, 1.807) is 37.3 Å². The van der Waals surface area contributed by atoms with Gasteiger partial charge in [-0.15, -0.1) is 10.9 Å². The van der Waals surface area contributed by atoms with E-state index in [9.17, 15) is 13.5 Å². The fraction of sp³-hybridized carbons (Fsp3) is 0.100. The maximum Gasteiger partial charge on any atom is 1.00 e. The molecule has 11 heteroatoms. The van der Waals surface area contributed by atoms with Gasteiger partial charge in [-0.3, -0.25) is 4.55 Å². The van der Waals surface area contributed by atoms with E-state index in [1.807, 2.05) is 0 Å². The third kappa shape index (κ3) is 6.68. The molecule has 0 spiro atoms. The van der Waals surface area contributed by atoms with Gasteiger partial charge < -0.3 is 9.84 Å². The van der Waals surface area contributed by atoms with Crippen LogP contribution in [0.25, 0.3) is 0 Å². The second kappa shape index (κ2) is 10.6. The molecule has 9 nitrogen and oxygen atoms in total. The summed E-state index contributed by atoms with van der Waals surface area (Å²) in [6, 6.07) is 14.8. The summed E-state index contributed by atoms with van der Waals surface area (Å²) in [6.07, 6.45) is 0. The standard InChI is InChI=1S/C20H18N4O5S.Na/c1-13-10-16(25)7-9-18(13)23-24-19-8-6-15(12-20(19)29-2)22-21-14-4-3-5-17(11-14)30(26,27)28;/h3-12,25H,1-2H3,(H,26,27,28);/q;+1/p-1. The van der Waals surface area contributed by atoms with Gasteiger partial charge in [0.2, 0.25) is 0 Å². The average Bonchev–Trinajstić information content (AvgIpc) is 2.71. The van der Waals surface area contributed by atoms with Crippen LogP contribution in [-0.4, -0.2) is 20.1 Å². The van der Waals surface area contributed by atoms with Crippen molar-refractivity contribution in [2.24, 2.45) is 20.5 Å². The number of nitrogens with zero attached hydrogens (tertiary/aromatic N) is 4. The van der Waals surface area contributed by atoms with Crippen LogP contribution in [-0.2, 0) is 10.1 Å². The molecule has 0 aliphatic carbocycles. The molecule has 0 heterocycles. The normalized spacial score (nSPS) is 11.6. The van der Waals surface area contributed by atoms with Crippen molar-refractivity contribution in [1.82, 2.24) is 0 Å². The summed E-state index contributed by atoms with van der Waals surface area (Å²) in [7, 11) is -2.85. The second-order valence-corrected chi connectivity index (χ2v) is 7.60. The van der Waals surface area contributed by atoms with Gasteiger partial charge in [-0.1, -0.05) is 18.2 Å². The minimum atomic E-state index is -4.32. The molecule has 0 fully saturated rings. The zero-order valence-corrected chi connectivity index (χ0v) is 19.9. The van der Waals surface area contributed by atoms with Gasteiger partial charge in [-0.25, -0.2) is 0 Å². The minimum absolute atomic E-state index is 0. The van der Waals surface area contributed by atoms with E-state index in [0.717, 1.165) is 0 Å². The molecule has 0 amide bonds. The van der Waals surface area contributed by atoms with Crippen LogP contribution in [0.2, 0.25) is 0 Å². The van der Waals surface area contributed by atoms with Gasteiger partial charge in [0.15, 0.2) is 0 Å². The molecule has 0 aliphatic rings. The number of azo groups is 2. The molecule has 0 saturated carbocycles. The summed E-state index contributed by atoms with van der Waals surface area (Å²) in [4.78, 5) is -0.271. The van der Waals surface area contributed by atoms with Crippen LogP contribution in [0.1, 0.15) is 5.56 Å². The molecular formula is C20H17N4NaO5S. The van der Waals surface area contributed by atoms with Crippen LogP contribution in [0.3, 0.4) is 0 Å². The van der Waals surface area contributed by atoms with Crippen molar-refractivity contribution in [2.45, 2.75) is 11.8 Å². The van der Waals surface area contributed by atoms with Crippen molar-refractivity contribution >= 4 is 32.9 Å². The van der Waals surface area contributed by atoms with Gasteiger partial charge in [0.25, 0.3) is 10.1 Å². The maximum atomic E-state index is 11.3. The smallest absolute Gasteiger partial charge is 0.872 e. The zero-order valence-electron chi connectivity index (χ0n) is 17.1. The Balaban J connectivity index is 0.00000341. The van der Waals surface area contributed by atoms with Crippen LogP contribution in [0.15, 0.2) is 86.0 Å². The SMILES string of the molecule is COc1cc(N=Nc2cccc(S(=O)(=O)O)c2)ccc1N=Nc1ccc([O-])cc1C.[Na+]. The first-order valence-electron chi connectivity index (χ1n) is 8.63. The van der Waals surface area contributed by atoms with Gasteiger partial charge >= 0.3 is 29.6 Å². The Labute approximate surface area is 201 Å². The van der Waals surface area contributed by atoms with Crippen molar-refractivity contribution in [3.63, 3.8) is 0 Å². The topological polar surface area (TPSA) is 136 Å². The summed E-state index contributed by atoms with van der Waals surface area (Å²) in [5, 5.41) is 27.7. The summed E-state index contributed by atoms with van der Waals surface area (Å²) < 4.78 is 36.9. The monoisotopic (exact) mass is 448 g/mol. The van der Waals surface area contributed by atoms with E-state index in [0.29, 0.717) is 28.4 Å². The maximum absolute atomic E-state index is 11.3. The molecular weight excluding hydrogens is 431 g/mol. The molecule has 3 rings (SSSR count). The number of methoxy groups -OCH3 is 1. The molecule has 0 unspecified atom stereocenters. The predicted octanol–water partition coefficient (Wildman–Crippen LogP) is 2.16. The first-order valence-corrected chi connectivity index (χ1v) is 10.1. The number of hydrogen-bond acceptors (Lipinski definition) is 8. The zero-order chi connectivity index (χ0) is 21.7. The fourth-order valence-corrected chi connectivity index (χ4v) is 3.00. The third-order valence-electron chi connectivity index (χ3n) is 3.99. The van der Waals surface area contributed by atoms with Crippen molar-refractivity contribution in [3.05, 3.63) is 66.2 Å². The summed E-state index contributed by atoms with van der Waals surface area (Å²) >= 11 is 0. The van der Waals surface area contributed by atoms with Crippen molar-refractivity contribution < 1.29 is 52.4 Å². The molecule has 0 bridgehead atoms. The Hall–Kier alpha value is -2.63. The Morgan fingerprint density at radius 3 is 2.16 bits per heavy atom. The number of rotatable bonds is 6. The van der Waals surface area contributed by atoms with Crippen LogP contribution in [0, 0.1) is 6.92 Å². The first kappa shape index (κ1) is 24.6. The van der Waals surface area contributed by atoms with E-state index in [2.05, 4.69) is 20.5 Å². The molecule has 0 saturated heterocycles. The van der Waals surface area contributed by atoms with Crippen molar-refractivity contribution in [1.29, 1.82) is 0 Å².